The molecule has 2 saturated heterocycles. The van der Waals surface area contributed by atoms with Gasteiger partial charge in [0.15, 0.2) is 0 Å². The molecular formula is C40H62O4S. The lowest BCUT2D eigenvalue weighted by Crippen LogP contribution is -2.26. The van der Waals surface area contributed by atoms with E-state index in [1.54, 1.807) is 14.2 Å². The molecule has 0 saturated carbocycles. The molecule has 2 aromatic rings. The second-order valence-electron chi connectivity index (χ2n) is 13.3. The molecule has 4 unspecified atom stereocenters. The minimum absolute atomic E-state index is 0.385. The zero-order valence-electron chi connectivity index (χ0n) is 28.5. The van der Waals surface area contributed by atoms with Crippen LogP contribution in [0.3, 0.4) is 0 Å². The zero-order chi connectivity index (χ0) is 31.4. The molecule has 0 aliphatic carbocycles. The molecule has 2 aromatic carbocycles. The van der Waals surface area contributed by atoms with E-state index in [1.807, 2.05) is 0 Å². The van der Waals surface area contributed by atoms with Crippen molar-refractivity contribution >= 4 is 11.8 Å². The Morgan fingerprint density at radius 1 is 0.556 bits per heavy atom. The van der Waals surface area contributed by atoms with Gasteiger partial charge in [0.1, 0.15) is 11.5 Å². The number of unbranched alkanes of at least 4 members (excludes halogenated alkanes) is 8. The number of thioether (sulfide) groups is 1. The van der Waals surface area contributed by atoms with E-state index in [0.29, 0.717) is 24.0 Å². The van der Waals surface area contributed by atoms with Crippen molar-refractivity contribution in [3.8, 4) is 11.5 Å². The molecule has 252 valence electrons. The molecule has 0 aromatic heterocycles. The van der Waals surface area contributed by atoms with Crippen LogP contribution in [0.1, 0.15) is 139 Å². The van der Waals surface area contributed by atoms with Crippen LogP contribution in [0.5, 0.6) is 11.5 Å². The summed E-state index contributed by atoms with van der Waals surface area (Å²) in [6, 6.07) is 17.5. The summed E-state index contributed by atoms with van der Waals surface area (Å²) in [5.74, 6) is 5.58. The minimum atomic E-state index is 0.385. The summed E-state index contributed by atoms with van der Waals surface area (Å²) in [5.41, 5.74) is 2.84. The van der Waals surface area contributed by atoms with Gasteiger partial charge in [0.05, 0.1) is 26.4 Å². The van der Waals surface area contributed by atoms with Crippen molar-refractivity contribution in [1.82, 2.24) is 0 Å². The average molecular weight is 639 g/mol. The Kier molecular flexibility index (Phi) is 17.7. The van der Waals surface area contributed by atoms with Gasteiger partial charge in [0.2, 0.25) is 0 Å². The van der Waals surface area contributed by atoms with Crippen LogP contribution in [-0.2, 0) is 9.47 Å². The Hall–Kier alpha value is -1.69. The highest BCUT2D eigenvalue weighted by atomic mass is 32.2. The van der Waals surface area contributed by atoms with Gasteiger partial charge < -0.3 is 18.9 Å². The van der Waals surface area contributed by atoms with Crippen LogP contribution >= 0.6 is 11.8 Å². The topological polar surface area (TPSA) is 36.9 Å². The smallest absolute Gasteiger partial charge is 0.118 e. The number of benzene rings is 2. The van der Waals surface area contributed by atoms with Gasteiger partial charge in [-0.3, -0.25) is 0 Å². The minimum Gasteiger partial charge on any atom is -0.497 e. The van der Waals surface area contributed by atoms with Crippen molar-refractivity contribution in [3.05, 3.63) is 59.7 Å². The van der Waals surface area contributed by atoms with Crippen LogP contribution in [-0.4, -0.2) is 51.1 Å². The molecule has 2 fully saturated rings. The van der Waals surface area contributed by atoms with Gasteiger partial charge in [-0.1, -0.05) is 75.6 Å². The second kappa shape index (κ2) is 22.0. The molecular weight excluding hydrogens is 577 g/mol. The van der Waals surface area contributed by atoms with Crippen molar-refractivity contribution in [3.63, 3.8) is 0 Å². The Morgan fingerprint density at radius 2 is 0.956 bits per heavy atom. The Balaban J connectivity index is 1.00. The zero-order valence-corrected chi connectivity index (χ0v) is 29.3. The molecule has 45 heavy (non-hydrogen) atoms. The predicted octanol–water partition coefficient (Wildman–Crippen LogP) is 11.1. The van der Waals surface area contributed by atoms with Gasteiger partial charge in [-0.15, -0.1) is 0 Å². The maximum Gasteiger partial charge on any atom is 0.118 e. The normalized spacial score (nSPS) is 20.0. The van der Waals surface area contributed by atoms with E-state index in [-0.39, 0.29) is 0 Å². The van der Waals surface area contributed by atoms with E-state index >= 15 is 0 Å². The molecule has 2 aliphatic rings. The molecule has 0 radical (unpaired) electrons. The SMILES string of the molecule is COc1ccc(C(CCCCCCCSCCCCCCCC(c2ccc(OC)cc2)C2CCCCO2)C2CCCCO2)cc1. The van der Waals surface area contributed by atoms with E-state index < -0.39 is 0 Å². The van der Waals surface area contributed by atoms with Gasteiger partial charge in [0.25, 0.3) is 0 Å². The van der Waals surface area contributed by atoms with E-state index in [4.69, 9.17) is 18.9 Å². The van der Waals surface area contributed by atoms with Crippen LogP contribution in [0.2, 0.25) is 0 Å². The first-order valence-electron chi connectivity index (χ1n) is 18.4. The largest absolute Gasteiger partial charge is 0.497 e. The molecule has 0 amide bonds. The molecule has 0 spiro atoms. The van der Waals surface area contributed by atoms with E-state index in [2.05, 4.69) is 60.3 Å². The standard InChI is InChI=1S/C40H62O4S/c1-41-35-25-21-33(22-26-35)37(39-19-11-13-29-43-39)17-9-5-3-7-15-31-45-32-16-8-4-6-10-18-38(40-20-12-14-30-44-40)34-23-27-36(42-2)28-24-34/h21-28,37-40H,3-20,29-32H2,1-2H3. The Labute approximate surface area is 279 Å². The van der Waals surface area contributed by atoms with Gasteiger partial charge in [-0.25, -0.2) is 0 Å². The van der Waals surface area contributed by atoms with Crippen molar-refractivity contribution in [1.29, 1.82) is 0 Å². The third kappa shape index (κ3) is 13.1. The van der Waals surface area contributed by atoms with Crippen LogP contribution < -0.4 is 9.47 Å². The molecule has 4 rings (SSSR count). The molecule has 4 nitrogen and oxygen atoms in total. The highest BCUT2D eigenvalue weighted by molar-refractivity contribution is 7.99. The van der Waals surface area contributed by atoms with E-state index in [9.17, 15) is 0 Å². The maximum absolute atomic E-state index is 6.23. The Bertz CT molecular complexity index is 916. The summed E-state index contributed by atoms with van der Waals surface area (Å²) in [6.07, 6.45) is 24.2. The first-order chi connectivity index (χ1) is 22.3. The lowest BCUT2D eigenvalue weighted by molar-refractivity contribution is -0.00339. The van der Waals surface area contributed by atoms with Crippen LogP contribution in [0.15, 0.2) is 48.5 Å². The third-order valence-electron chi connectivity index (χ3n) is 10.0. The summed E-state index contributed by atoms with van der Waals surface area (Å²) < 4.78 is 23.2. The molecule has 5 heteroatoms. The molecule has 2 aliphatic heterocycles. The van der Waals surface area contributed by atoms with Crippen LogP contribution in [0.25, 0.3) is 0 Å². The highest BCUT2D eigenvalue weighted by Gasteiger charge is 2.27. The number of ether oxygens (including phenoxy) is 4. The lowest BCUT2D eigenvalue weighted by Gasteiger charge is -2.31. The Morgan fingerprint density at radius 3 is 1.33 bits per heavy atom. The first-order valence-corrected chi connectivity index (χ1v) is 19.5. The highest BCUT2D eigenvalue weighted by Crippen LogP contribution is 2.35. The number of hydrogen-bond donors (Lipinski definition) is 0. The van der Waals surface area contributed by atoms with Gasteiger partial charge in [-0.05, 0) is 111 Å². The first kappa shape index (κ1) is 36.2. The van der Waals surface area contributed by atoms with Gasteiger partial charge in [-0.2, -0.15) is 11.8 Å². The fourth-order valence-corrected chi connectivity index (χ4v) is 8.32. The fraction of sp³-hybridized carbons (Fsp3) is 0.700. The van der Waals surface area contributed by atoms with Crippen molar-refractivity contribution in [2.24, 2.45) is 0 Å². The second-order valence-corrected chi connectivity index (χ2v) is 14.5. The third-order valence-corrected chi connectivity index (χ3v) is 11.2. The number of rotatable bonds is 22. The number of hydrogen-bond acceptors (Lipinski definition) is 5. The van der Waals surface area contributed by atoms with Gasteiger partial charge in [0, 0.05) is 25.0 Å². The molecule has 2 heterocycles. The van der Waals surface area contributed by atoms with E-state index in [1.165, 1.54) is 138 Å². The lowest BCUT2D eigenvalue weighted by atomic mass is 9.85. The van der Waals surface area contributed by atoms with Crippen molar-refractivity contribution < 1.29 is 18.9 Å². The molecule has 4 atom stereocenters. The average Bonchev–Trinajstić information content (AvgIpc) is 3.11. The van der Waals surface area contributed by atoms with Crippen LogP contribution in [0, 0.1) is 0 Å². The molecule has 0 N–H and O–H groups in total. The maximum atomic E-state index is 6.23. The summed E-state index contributed by atoms with van der Waals surface area (Å²) in [7, 11) is 3.48. The van der Waals surface area contributed by atoms with Crippen molar-refractivity contribution in [2.45, 2.75) is 140 Å². The summed E-state index contributed by atoms with van der Waals surface area (Å²) in [5, 5.41) is 0. The summed E-state index contributed by atoms with van der Waals surface area (Å²) >= 11 is 2.18. The monoisotopic (exact) mass is 638 g/mol. The van der Waals surface area contributed by atoms with Gasteiger partial charge >= 0.3 is 0 Å². The van der Waals surface area contributed by atoms with E-state index in [0.717, 1.165) is 24.7 Å². The van der Waals surface area contributed by atoms with Crippen LogP contribution in [0.4, 0.5) is 0 Å². The summed E-state index contributed by atoms with van der Waals surface area (Å²) in [6.45, 7) is 1.86. The van der Waals surface area contributed by atoms with Crippen molar-refractivity contribution in [2.75, 3.05) is 38.9 Å². The quantitative estimate of drug-likeness (QED) is 0.120. The fourth-order valence-electron chi connectivity index (χ4n) is 7.30. The predicted molar refractivity (Wildman–Crippen MR) is 191 cm³/mol. The molecule has 0 bridgehead atoms. The summed E-state index contributed by atoms with van der Waals surface area (Å²) in [4.78, 5) is 0. The number of methoxy groups -OCH3 is 2.